The number of hydrogen-bond donors (Lipinski definition) is 0. The first kappa shape index (κ1) is 15.4. The molecule has 118 valence electrons. The van der Waals surface area contributed by atoms with Gasteiger partial charge in [-0.1, -0.05) is 6.07 Å². The fraction of sp³-hybridized carbons (Fsp3) is 0.400. The van der Waals surface area contributed by atoms with Gasteiger partial charge in [0.1, 0.15) is 5.58 Å². The van der Waals surface area contributed by atoms with Gasteiger partial charge in [-0.25, -0.2) is 8.42 Å². The fourth-order valence-electron chi connectivity index (χ4n) is 2.90. The quantitative estimate of drug-likeness (QED) is 0.783. The third-order valence-corrected chi connectivity index (χ3v) is 5.16. The molecule has 7 heteroatoms. The summed E-state index contributed by atoms with van der Waals surface area (Å²) < 4.78 is 27.5. The highest BCUT2D eigenvalue weighted by molar-refractivity contribution is 8.13. The van der Waals surface area contributed by atoms with Crippen molar-refractivity contribution in [2.75, 3.05) is 18.8 Å². The molecule has 1 saturated heterocycles. The summed E-state index contributed by atoms with van der Waals surface area (Å²) in [7, 11) is 1.70. The zero-order valence-electron chi connectivity index (χ0n) is 11.9. The Kier molecular flexibility index (Phi) is 4.14. The van der Waals surface area contributed by atoms with Crippen LogP contribution in [0.3, 0.4) is 0 Å². The van der Waals surface area contributed by atoms with Gasteiger partial charge in [0.2, 0.25) is 15.0 Å². The van der Waals surface area contributed by atoms with Crippen LogP contribution < -0.4 is 0 Å². The summed E-state index contributed by atoms with van der Waals surface area (Å²) >= 11 is 0. The Morgan fingerprint density at radius 2 is 2.14 bits per heavy atom. The van der Waals surface area contributed by atoms with E-state index in [1.165, 1.54) is 0 Å². The summed E-state index contributed by atoms with van der Waals surface area (Å²) in [5, 5.41) is 1.04. The van der Waals surface area contributed by atoms with Crippen LogP contribution in [0.25, 0.3) is 11.0 Å². The number of carbonyl (C=O) groups excluding carboxylic acids is 1. The molecule has 0 bridgehead atoms. The molecule has 2 aromatic rings. The van der Waals surface area contributed by atoms with Gasteiger partial charge in [-0.05, 0) is 30.2 Å². The van der Waals surface area contributed by atoms with Gasteiger partial charge in [-0.2, -0.15) is 0 Å². The van der Waals surface area contributed by atoms with Gasteiger partial charge in [0.25, 0.3) is 0 Å². The van der Waals surface area contributed by atoms with Gasteiger partial charge >= 0.3 is 0 Å². The Balaban J connectivity index is 1.60. The van der Waals surface area contributed by atoms with Gasteiger partial charge in [0.15, 0.2) is 0 Å². The van der Waals surface area contributed by atoms with Crippen molar-refractivity contribution >= 4 is 36.6 Å². The molecule has 5 nitrogen and oxygen atoms in total. The van der Waals surface area contributed by atoms with Crippen LogP contribution in [0.15, 0.2) is 34.9 Å². The molecule has 0 N–H and O–H groups in total. The molecule has 3 rings (SSSR count). The molecule has 1 aromatic heterocycles. The molecule has 1 aliphatic rings. The zero-order chi connectivity index (χ0) is 15.7. The minimum absolute atomic E-state index is 0.00490. The summed E-state index contributed by atoms with van der Waals surface area (Å²) in [6.07, 6.45) is 2.63. The van der Waals surface area contributed by atoms with E-state index in [4.69, 9.17) is 15.1 Å². The van der Waals surface area contributed by atoms with E-state index in [0.717, 1.165) is 23.0 Å². The highest BCUT2D eigenvalue weighted by Crippen LogP contribution is 2.22. The standard InChI is InChI=1S/C15H16ClNO4S/c16-22(19,20)10-12-8-15(18)17(9-12)5-3-11-1-2-14-13(7-11)4-6-21-14/h1-2,4,6-7,12H,3,5,8-10H2. The number of carbonyl (C=O) groups is 1. The third-order valence-electron chi connectivity index (χ3n) is 3.92. The Hall–Kier alpha value is -1.53. The van der Waals surface area contributed by atoms with Crippen LogP contribution in [0, 0.1) is 5.92 Å². The summed E-state index contributed by atoms with van der Waals surface area (Å²) in [5.74, 6) is -0.348. The summed E-state index contributed by atoms with van der Waals surface area (Å²) in [6.45, 7) is 1.04. The number of furan rings is 1. The van der Waals surface area contributed by atoms with Gasteiger partial charge in [0, 0.05) is 41.5 Å². The van der Waals surface area contributed by atoms with Crippen molar-refractivity contribution in [3.05, 3.63) is 36.1 Å². The molecule has 1 aliphatic heterocycles. The molecule has 22 heavy (non-hydrogen) atoms. The smallest absolute Gasteiger partial charge is 0.232 e. The fourth-order valence-corrected chi connectivity index (χ4v) is 4.22. The minimum atomic E-state index is -3.56. The Morgan fingerprint density at radius 1 is 1.32 bits per heavy atom. The average Bonchev–Trinajstić information content (AvgIpc) is 3.00. The van der Waals surface area contributed by atoms with Crippen molar-refractivity contribution < 1.29 is 17.6 Å². The van der Waals surface area contributed by atoms with E-state index in [-0.39, 0.29) is 24.0 Å². The highest BCUT2D eigenvalue weighted by Gasteiger charge is 2.31. The van der Waals surface area contributed by atoms with E-state index in [1.807, 2.05) is 24.3 Å². The number of halogens is 1. The third kappa shape index (κ3) is 3.62. The van der Waals surface area contributed by atoms with Crippen LogP contribution in [-0.2, 0) is 20.3 Å². The normalized spacial score (nSPS) is 19.2. The molecular formula is C15H16ClNO4S. The molecule has 1 unspecified atom stereocenters. The van der Waals surface area contributed by atoms with Crippen LogP contribution >= 0.6 is 10.7 Å². The van der Waals surface area contributed by atoms with E-state index in [0.29, 0.717) is 13.1 Å². The molecule has 0 spiro atoms. The maximum Gasteiger partial charge on any atom is 0.232 e. The van der Waals surface area contributed by atoms with Crippen molar-refractivity contribution in [3.63, 3.8) is 0 Å². The Bertz CT molecular complexity index is 799. The SMILES string of the molecule is O=C1CC(CS(=O)(=O)Cl)CN1CCc1ccc2occc2c1. The molecule has 1 aromatic carbocycles. The number of hydrogen-bond acceptors (Lipinski definition) is 4. The predicted molar refractivity (Wildman–Crippen MR) is 84.2 cm³/mol. The molecule has 0 aliphatic carbocycles. The first-order valence-electron chi connectivity index (χ1n) is 7.07. The number of fused-ring (bicyclic) bond motifs is 1. The predicted octanol–water partition coefficient (Wildman–Crippen LogP) is 2.39. The topological polar surface area (TPSA) is 67.6 Å². The van der Waals surface area contributed by atoms with E-state index in [1.54, 1.807) is 11.2 Å². The minimum Gasteiger partial charge on any atom is -0.464 e. The van der Waals surface area contributed by atoms with Gasteiger partial charge < -0.3 is 9.32 Å². The van der Waals surface area contributed by atoms with E-state index >= 15 is 0 Å². The Morgan fingerprint density at radius 3 is 2.91 bits per heavy atom. The summed E-state index contributed by atoms with van der Waals surface area (Å²) in [5.41, 5.74) is 1.96. The number of amides is 1. The largest absolute Gasteiger partial charge is 0.464 e. The molecule has 0 saturated carbocycles. The van der Waals surface area contributed by atoms with Crippen LogP contribution in [0.4, 0.5) is 0 Å². The van der Waals surface area contributed by atoms with Crippen molar-refractivity contribution in [2.24, 2.45) is 5.92 Å². The van der Waals surface area contributed by atoms with E-state index < -0.39 is 9.05 Å². The van der Waals surface area contributed by atoms with Crippen LogP contribution in [0.2, 0.25) is 0 Å². The molecule has 2 heterocycles. The second-order valence-corrected chi connectivity index (χ2v) is 8.48. The average molecular weight is 342 g/mol. The zero-order valence-corrected chi connectivity index (χ0v) is 13.4. The van der Waals surface area contributed by atoms with Crippen molar-refractivity contribution in [1.29, 1.82) is 0 Å². The lowest BCUT2D eigenvalue weighted by atomic mass is 10.1. The maximum atomic E-state index is 11.9. The second kappa shape index (κ2) is 5.93. The van der Waals surface area contributed by atoms with Crippen molar-refractivity contribution in [3.8, 4) is 0 Å². The Labute approximate surface area is 133 Å². The first-order valence-corrected chi connectivity index (χ1v) is 9.55. The number of nitrogens with zero attached hydrogens (tertiary/aromatic N) is 1. The number of benzene rings is 1. The monoisotopic (exact) mass is 341 g/mol. The summed E-state index contributed by atoms with van der Waals surface area (Å²) in [4.78, 5) is 13.7. The lowest BCUT2D eigenvalue weighted by Gasteiger charge is -2.16. The first-order chi connectivity index (χ1) is 10.4. The van der Waals surface area contributed by atoms with E-state index in [2.05, 4.69) is 0 Å². The molecule has 0 radical (unpaired) electrons. The van der Waals surface area contributed by atoms with Gasteiger partial charge in [-0.15, -0.1) is 0 Å². The van der Waals surface area contributed by atoms with Crippen molar-refractivity contribution in [2.45, 2.75) is 12.8 Å². The van der Waals surface area contributed by atoms with E-state index in [9.17, 15) is 13.2 Å². The molecular weight excluding hydrogens is 326 g/mol. The summed E-state index contributed by atoms with van der Waals surface area (Å²) in [6, 6.07) is 7.84. The van der Waals surface area contributed by atoms with Gasteiger partial charge in [0.05, 0.1) is 12.0 Å². The lowest BCUT2D eigenvalue weighted by molar-refractivity contribution is -0.127. The maximum absolute atomic E-state index is 11.9. The highest BCUT2D eigenvalue weighted by atomic mass is 35.7. The van der Waals surface area contributed by atoms with Crippen LogP contribution in [0.1, 0.15) is 12.0 Å². The van der Waals surface area contributed by atoms with Crippen LogP contribution in [-0.4, -0.2) is 38.1 Å². The van der Waals surface area contributed by atoms with Crippen molar-refractivity contribution in [1.82, 2.24) is 4.90 Å². The number of rotatable bonds is 5. The molecule has 1 atom stereocenters. The molecule has 1 amide bonds. The van der Waals surface area contributed by atoms with Gasteiger partial charge in [-0.3, -0.25) is 4.79 Å². The number of likely N-dealkylation sites (tertiary alicyclic amines) is 1. The second-order valence-electron chi connectivity index (χ2n) is 5.66. The van der Waals surface area contributed by atoms with Crippen LogP contribution in [0.5, 0.6) is 0 Å². The lowest BCUT2D eigenvalue weighted by Crippen LogP contribution is -2.28. The molecule has 1 fully saturated rings.